The highest BCUT2D eigenvalue weighted by molar-refractivity contribution is 5.87. The highest BCUT2D eigenvalue weighted by Crippen LogP contribution is 2.46. The van der Waals surface area contributed by atoms with Gasteiger partial charge in [0.2, 0.25) is 5.91 Å². The Morgan fingerprint density at radius 3 is 1.16 bits per heavy atom. The number of aliphatic carboxylic acids is 1. The number of fused-ring (bicyclic) bond motifs is 3. The molecule has 2 amide bonds. The van der Waals surface area contributed by atoms with Crippen molar-refractivity contribution in [2.24, 2.45) is 23.7 Å². The summed E-state index contributed by atoms with van der Waals surface area (Å²) in [5, 5.41) is 280. The normalized spacial score (nSPS) is 42.8. The Labute approximate surface area is 719 Å². The van der Waals surface area contributed by atoms with Crippen LogP contribution in [0, 0.1) is 23.7 Å². The van der Waals surface area contributed by atoms with Crippen molar-refractivity contribution in [1.82, 2.24) is 10.6 Å². The predicted molar refractivity (Wildman–Crippen MR) is 407 cm³/mol. The van der Waals surface area contributed by atoms with Gasteiger partial charge in [0.1, 0.15) is 184 Å². The molecule has 2 aromatic carbocycles. The molecule has 48 nitrogen and oxygen atoms in total. The van der Waals surface area contributed by atoms with E-state index in [1.807, 2.05) is 48.5 Å². The molecule has 8 aliphatic heterocycles. The number of aliphatic hydroxyl groups is 24. The summed E-state index contributed by atoms with van der Waals surface area (Å²) in [7, 11) is 0. The molecule has 0 aromatic heterocycles. The molecule has 27 N–H and O–H groups in total. The van der Waals surface area contributed by atoms with E-state index in [1.165, 1.54) is 27.7 Å². The minimum Gasteiger partial charge on any atom is -0.480 e. The van der Waals surface area contributed by atoms with Gasteiger partial charge in [-0.3, -0.25) is 4.79 Å². The van der Waals surface area contributed by atoms with Crippen molar-refractivity contribution in [3.05, 3.63) is 59.7 Å². The van der Waals surface area contributed by atoms with Gasteiger partial charge >= 0.3 is 12.1 Å². The van der Waals surface area contributed by atoms with Gasteiger partial charge in [-0.05, 0) is 29.2 Å². The van der Waals surface area contributed by atoms with Gasteiger partial charge in [0.05, 0.1) is 96.9 Å². The van der Waals surface area contributed by atoms with Gasteiger partial charge in [-0.1, -0.05) is 76.2 Å². The van der Waals surface area contributed by atoms with E-state index in [1.54, 1.807) is 0 Å². The van der Waals surface area contributed by atoms with Gasteiger partial charge in [-0.25, -0.2) is 9.59 Å². The number of benzene rings is 2. The van der Waals surface area contributed by atoms with Crippen LogP contribution in [0.25, 0.3) is 11.1 Å². The molecule has 0 bridgehead atoms. The summed E-state index contributed by atoms with van der Waals surface area (Å²) in [6, 6.07) is 13.2. The lowest BCUT2D eigenvalue weighted by Gasteiger charge is -2.49. The predicted octanol–water partition coefficient (Wildman–Crippen LogP) is -12.4. The second-order valence-electron chi connectivity index (χ2n) is 32.9. The summed E-state index contributed by atoms with van der Waals surface area (Å²) in [6.07, 6.45) is -75.3. The Kier molecular flexibility index (Phi) is 36.4. The molecule has 0 saturated carbocycles. The van der Waals surface area contributed by atoms with Crippen molar-refractivity contribution in [2.75, 3.05) is 72.7 Å². The monoisotopic (exact) mass is 1820 g/mol. The minimum absolute atomic E-state index is 0.179. The molecule has 718 valence electrons. The number of nitrogens with one attached hydrogen (secondary N) is 2. The number of hydrogen-bond donors (Lipinski definition) is 27. The molecule has 8 heterocycles. The van der Waals surface area contributed by atoms with Crippen molar-refractivity contribution in [3.63, 3.8) is 0 Å². The Morgan fingerprint density at radius 1 is 0.397 bits per heavy atom. The fourth-order valence-electron chi connectivity index (χ4n) is 16.7. The zero-order chi connectivity index (χ0) is 91.9. The molecule has 8 saturated heterocycles. The number of carbonyl (C=O) groups is 3. The van der Waals surface area contributed by atoms with Gasteiger partial charge in [0.25, 0.3) is 0 Å². The number of aliphatic hydroxyl groups excluding tert-OH is 24. The Bertz CT molecular complexity index is 3670. The first kappa shape index (κ1) is 102. The number of ether oxygens (including phenoxy) is 18. The van der Waals surface area contributed by atoms with Gasteiger partial charge in [0.15, 0.2) is 50.3 Å². The molecule has 48 heteroatoms. The van der Waals surface area contributed by atoms with Gasteiger partial charge in [-0.2, -0.15) is 0 Å². The van der Waals surface area contributed by atoms with Crippen LogP contribution in [0.5, 0.6) is 0 Å². The van der Waals surface area contributed by atoms with E-state index in [0.717, 1.165) is 29.2 Å². The molecule has 18 unspecified atom stereocenters. The van der Waals surface area contributed by atoms with Crippen LogP contribution in [0.1, 0.15) is 58.1 Å². The summed E-state index contributed by atoms with van der Waals surface area (Å²) >= 11 is 0. The van der Waals surface area contributed by atoms with Crippen molar-refractivity contribution < 1.29 is 227 Å². The fourth-order valence-corrected chi connectivity index (χ4v) is 16.7. The Balaban J connectivity index is 0.793. The highest BCUT2D eigenvalue weighted by Gasteiger charge is 2.58. The second kappa shape index (κ2) is 45.2. The van der Waals surface area contributed by atoms with Crippen LogP contribution >= 0.6 is 0 Å². The van der Waals surface area contributed by atoms with Crippen LogP contribution in [-0.4, -0.2) is 470 Å². The van der Waals surface area contributed by atoms with E-state index in [4.69, 9.17) is 85.3 Å². The number of amides is 2. The number of carbonyl (C=O) groups excluding carboxylic acids is 2. The van der Waals surface area contributed by atoms with E-state index in [2.05, 4.69) is 10.6 Å². The number of rotatable bonds is 37. The molecule has 2 aromatic rings. The number of alkyl carbamates (subject to hydrolysis) is 1. The third-order valence-corrected chi connectivity index (χ3v) is 24.4. The molecule has 126 heavy (non-hydrogen) atoms. The van der Waals surface area contributed by atoms with Crippen LogP contribution in [-0.2, 0) is 94.9 Å². The molecular formula is C78H120N2O46. The number of carboxylic acid groups (broad SMARTS) is 1. The molecule has 8 fully saturated rings. The first-order valence-corrected chi connectivity index (χ1v) is 41.4. The van der Waals surface area contributed by atoms with E-state index in [9.17, 15) is 142 Å². The lowest BCUT2D eigenvalue weighted by molar-refractivity contribution is -0.382. The van der Waals surface area contributed by atoms with E-state index in [0.29, 0.717) is 0 Å². The van der Waals surface area contributed by atoms with Gasteiger partial charge < -0.3 is 224 Å². The van der Waals surface area contributed by atoms with Crippen molar-refractivity contribution in [1.29, 1.82) is 0 Å². The maximum Gasteiger partial charge on any atom is 0.407 e. The third kappa shape index (κ3) is 22.4. The lowest BCUT2D eigenvalue weighted by Crippen LogP contribution is -2.65. The molecule has 9 aliphatic rings. The first-order valence-electron chi connectivity index (χ1n) is 41.4. The largest absolute Gasteiger partial charge is 0.480 e. The summed E-state index contributed by atoms with van der Waals surface area (Å²) < 4.78 is 107. The summed E-state index contributed by atoms with van der Waals surface area (Å²) in [6.45, 7) is -3.66. The third-order valence-electron chi connectivity index (χ3n) is 24.4. The maximum absolute atomic E-state index is 13.6. The first-order chi connectivity index (χ1) is 60.0. The maximum atomic E-state index is 13.6. The average Bonchev–Trinajstić information content (AvgIpc) is 1.50. The van der Waals surface area contributed by atoms with Crippen LogP contribution in [0.3, 0.4) is 0 Å². The van der Waals surface area contributed by atoms with Gasteiger partial charge in [-0.15, -0.1) is 0 Å². The molecular weight excluding hydrogens is 1700 g/mol. The highest BCUT2D eigenvalue weighted by atomic mass is 16.8. The van der Waals surface area contributed by atoms with E-state index in [-0.39, 0.29) is 12.5 Å². The topological polar surface area (TPSA) is 747 Å². The zero-order valence-electron chi connectivity index (χ0n) is 68.9. The Hall–Kier alpha value is -4.99. The van der Waals surface area contributed by atoms with Crippen LogP contribution in [0.4, 0.5) is 4.79 Å². The van der Waals surface area contributed by atoms with Crippen molar-refractivity contribution >= 4 is 18.0 Å². The quantitative estimate of drug-likeness (QED) is 0.0279. The average molecular weight is 1820 g/mol. The molecule has 11 rings (SSSR count). The zero-order valence-corrected chi connectivity index (χ0v) is 68.9. The molecule has 0 radical (unpaired) electrons. The smallest absolute Gasteiger partial charge is 0.407 e. The minimum atomic E-state index is -2.23. The standard InChI is InChI=1S/C78H120N2O46/c1-26-48(92)62(42(19-85)112-68(26)80-47(91)14-36(69(106)107)79-78(108)111-23-35-33-12-8-6-10-31(33)32-11-7-9-13-34(32)35)121-70-27(2)49(93)63(43(20-86)117-70)122-73(30(5)89)120-46(25-110-77-67(59(103)55(99)41(18-84)116-77)126-72-29(4)51(95)65(45(22-88)119-72)124-75-61(105)57(101)53(97)39(16-82)114-75)37(90)24-109-76-66(58(102)54(98)40(17-83)115-76)125-71-28(3)50(94)64(44(21-87)118-71)123-74-60(104)56(100)52(96)38(15-81)113-74/h6-13,26-30,35-46,48-68,70-77,81-90,92-105H,14-25H2,1-5H3,(H,79,108)(H,80,91)(H,106,107)/t26-,27-,28-,29?,30+,36?,37-,38?,39?,40+,41?,42?,43?,44?,45-,46?,48?,49?,50?,51?,52-,53-,54+,55+,56?,57?,58?,59?,60-,61-,62+,63+,64+,65+,66?,67+,68+,70-,71-,72-,73-,74-,75-,76-,77-/m0/s1. The van der Waals surface area contributed by atoms with Gasteiger partial charge in [0, 0.05) is 29.6 Å². The van der Waals surface area contributed by atoms with Crippen LogP contribution in [0.2, 0.25) is 0 Å². The van der Waals surface area contributed by atoms with Crippen molar-refractivity contribution in [3.8, 4) is 11.1 Å². The van der Waals surface area contributed by atoms with Crippen LogP contribution < -0.4 is 10.6 Å². The molecule has 1 aliphatic carbocycles. The number of carboxylic acids is 1. The molecule has 0 spiro atoms. The summed E-state index contributed by atoms with van der Waals surface area (Å²) in [5.74, 6) is -8.07. The van der Waals surface area contributed by atoms with Crippen molar-refractivity contribution in [2.45, 2.75) is 299 Å². The van der Waals surface area contributed by atoms with Crippen LogP contribution in [0.15, 0.2) is 48.5 Å². The number of hydrogen-bond acceptors (Lipinski definition) is 45. The fraction of sp³-hybridized carbons (Fsp3) is 0.808. The second-order valence-corrected chi connectivity index (χ2v) is 32.9. The Morgan fingerprint density at radius 2 is 0.746 bits per heavy atom. The summed E-state index contributed by atoms with van der Waals surface area (Å²) in [4.78, 5) is 39.3. The lowest BCUT2D eigenvalue weighted by atomic mass is 9.89. The summed E-state index contributed by atoms with van der Waals surface area (Å²) in [5.41, 5.74) is 3.64. The molecule has 45 atom stereocenters. The van der Waals surface area contributed by atoms with E-state index < -0.39 is 366 Å². The van der Waals surface area contributed by atoms with E-state index >= 15 is 0 Å². The SMILES string of the molecule is CC1C(O)[C@H](O[C@@H]2OC(CO)[C@H](O)C(O)[C@@H]2O)[C@H](CO)O[C@H]1O[C@@H]1C(O)[C@H](O)C(CO)O[C@@H]1OCC(O[C@@H](O[C@@H]1C(CO)O[C@@H](O[C@@H]2C(CO)O[C@@H](NC(=O)CC(NC(=O)OCC3c4ccccc4-c4ccccc43)C(=O)O)[C@@H](C)C2O)[C@@H](C)C1O)[C@@H](C)O)[C@@H](O)CO[C@H]1O[C@H](CO)[C@@H](O)C(O)C1O[C@@H]1OC(CO)[C@@H](O[C@@H]2OC(CO)[C@H](O)C(O)[C@@H]2O)C(O)[C@@H]1C.